The molecule has 0 N–H and O–H groups in total. The molecule has 0 radical (unpaired) electrons. The number of hydrogen-bond donors (Lipinski definition) is 0. The van der Waals surface area contributed by atoms with Crippen LogP contribution in [-0.4, -0.2) is 47.8 Å². The van der Waals surface area contributed by atoms with E-state index in [1.165, 1.54) is 16.9 Å². The van der Waals surface area contributed by atoms with Crippen molar-refractivity contribution in [1.29, 1.82) is 0 Å². The molecule has 3 amide bonds. The number of rotatable bonds is 5. The number of methoxy groups -OCH3 is 2. The van der Waals surface area contributed by atoms with E-state index >= 15 is 0 Å². The zero-order valence-corrected chi connectivity index (χ0v) is 15.1. The SMILES string of the molecule is COc1ccc(CN2C(=O)CCN(c3ccc(Cl)nn3)C2=O)c(OC)c1. The number of ether oxygens (including phenoxy) is 2. The Hall–Kier alpha value is -2.87. The lowest BCUT2D eigenvalue weighted by molar-refractivity contribution is -0.129. The lowest BCUT2D eigenvalue weighted by atomic mass is 10.1. The van der Waals surface area contributed by atoms with Gasteiger partial charge in [0.15, 0.2) is 11.0 Å². The number of imide groups is 1. The van der Waals surface area contributed by atoms with Crippen LogP contribution in [0, 0.1) is 0 Å². The van der Waals surface area contributed by atoms with E-state index in [0.717, 1.165) is 0 Å². The van der Waals surface area contributed by atoms with E-state index in [0.29, 0.717) is 22.9 Å². The minimum absolute atomic E-state index is 0.0857. The molecule has 1 aromatic carbocycles. The molecule has 8 nitrogen and oxygen atoms in total. The topological polar surface area (TPSA) is 84.9 Å². The number of urea groups is 1. The Kier molecular flexibility index (Phi) is 5.22. The lowest BCUT2D eigenvalue weighted by Gasteiger charge is -2.33. The van der Waals surface area contributed by atoms with Gasteiger partial charge in [-0.25, -0.2) is 4.79 Å². The summed E-state index contributed by atoms with van der Waals surface area (Å²) < 4.78 is 10.5. The fraction of sp³-hybridized carbons (Fsp3) is 0.294. The van der Waals surface area contributed by atoms with Gasteiger partial charge in [0.05, 0.1) is 20.8 Å². The Morgan fingerprint density at radius 3 is 2.58 bits per heavy atom. The van der Waals surface area contributed by atoms with Crippen LogP contribution in [0.2, 0.25) is 5.15 Å². The molecular formula is C17H17ClN4O4. The zero-order chi connectivity index (χ0) is 18.7. The standard InChI is InChI=1S/C17H17ClN4O4/c1-25-12-4-3-11(13(9-12)26-2)10-22-16(23)7-8-21(17(22)24)15-6-5-14(18)19-20-15/h3-6,9H,7-8,10H2,1-2H3. The number of amides is 3. The average Bonchev–Trinajstić information content (AvgIpc) is 2.66. The number of anilines is 1. The molecular weight excluding hydrogens is 360 g/mol. The van der Waals surface area contributed by atoms with Gasteiger partial charge in [-0.3, -0.25) is 14.6 Å². The highest BCUT2D eigenvalue weighted by Crippen LogP contribution is 2.28. The highest BCUT2D eigenvalue weighted by molar-refractivity contribution is 6.29. The van der Waals surface area contributed by atoms with Crippen molar-refractivity contribution in [3.05, 3.63) is 41.0 Å². The Morgan fingerprint density at radius 1 is 1.12 bits per heavy atom. The van der Waals surface area contributed by atoms with Gasteiger partial charge in [0, 0.05) is 24.6 Å². The molecule has 9 heteroatoms. The lowest BCUT2D eigenvalue weighted by Crippen LogP contribution is -2.52. The van der Waals surface area contributed by atoms with Gasteiger partial charge in [-0.15, -0.1) is 10.2 Å². The van der Waals surface area contributed by atoms with Crippen LogP contribution in [0.25, 0.3) is 0 Å². The van der Waals surface area contributed by atoms with Crippen molar-refractivity contribution < 1.29 is 19.1 Å². The zero-order valence-electron chi connectivity index (χ0n) is 14.3. The van der Waals surface area contributed by atoms with E-state index in [1.54, 1.807) is 37.4 Å². The molecule has 1 aliphatic heterocycles. The first-order valence-electron chi connectivity index (χ1n) is 7.85. The fourth-order valence-corrected chi connectivity index (χ4v) is 2.77. The molecule has 0 atom stereocenters. The monoisotopic (exact) mass is 376 g/mol. The van der Waals surface area contributed by atoms with Crippen LogP contribution in [0.5, 0.6) is 11.5 Å². The van der Waals surface area contributed by atoms with Crippen LogP contribution in [-0.2, 0) is 11.3 Å². The van der Waals surface area contributed by atoms with Gasteiger partial charge in [0.25, 0.3) is 0 Å². The molecule has 1 aromatic heterocycles. The molecule has 1 saturated heterocycles. The third-order valence-electron chi connectivity index (χ3n) is 4.03. The number of hydrogen-bond acceptors (Lipinski definition) is 6. The molecule has 0 bridgehead atoms. The molecule has 0 spiro atoms. The quantitative estimate of drug-likeness (QED) is 0.797. The molecule has 0 unspecified atom stereocenters. The van der Waals surface area contributed by atoms with Crippen molar-refractivity contribution in [3.8, 4) is 11.5 Å². The third kappa shape index (κ3) is 3.55. The molecule has 26 heavy (non-hydrogen) atoms. The van der Waals surface area contributed by atoms with Crippen molar-refractivity contribution in [3.63, 3.8) is 0 Å². The Balaban J connectivity index is 1.85. The summed E-state index contributed by atoms with van der Waals surface area (Å²) in [5.74, 6) is 1.25. The van der Waals surface area contributed by atoms with E-state index < -0.39 is 6.03 Å². The van der Waals surface area contributed by atoms with Gasteiger partial charge in [-0.2, -0.15) is 0 Å². The van der Waals surface area contributed by atoms with E-state index in [-0.39, 0.29) is 30.6 Å². The number of benzene rings is 1. The van der Waals surface area contributed by atoms with E-state index in [4.69, 9.17) is 21.1 Å². The van der Waals surface area contributed by atoms with Crippen molar-refractivity contribution in [1.82, 2.24) is 15.1 Å². The summed E-state index contributed by atoms with van der Waals surface area (Å²) in [4.78, 5) is 27.7. The number of aromatic nitrogens is 2. The highest BCUT2D eigenvalue weighted by Gasteiger charge is 2.34. The molecule has 1 aliphatic rings. The first-order valence-corrected chi connectivity index (χ1v) is 8.23. The molecule has 0 saturated carbocycles. The summed E-state index contributed by atoms with van der Waals surface area (Å²) in [6, 6.07) is 7.89. The third-order valence-corrected chi connectivity index (χ3v) is 4.23. The maximum absolute atomic E-state index is 12.8. The van der Waals surface area contributed by atoms with Gasteiger partial charge in [0.2, 0.25) is 5.91 Å². The van der Waals surface area contributed by atoms with E-state index in [1.807, 2.05) is 0 Å². The second kappa shape index (κ2) is 7.57. The summed E-state index contributed by atoms with van der Waals surface area (Å²) in [6.45, 7) is 0.326. The maximum Gasteiger partial charge on any atom is 0.332 e. The Labute approximate surface area is 155 Å². The van der Waals surface area contributed by atoms with Crippen LogP contribution in [0.4, 0.5) is 10.6 Å². The first kappa shape index (κ1) is 17.9. The van der Waals surface area contributed by atoms with Crippen molar-refractivity contribution >= 4 is 29.4 Å². The van der Waals surface area contributed by atoms with E-state index in [2.05, 4.69) is 10.2 Å². The molecule has 2 heterocycles. The largest absolute Gasteiger partial charge is 0.497 e. The predicted molar refractivity (Wildman–Crippen MR) is 94.5 cm³/mol. The number of nitrogens with zero attached hydrogens (tertiary/aromatic N) is 4. The summed E-state index contributed by atoms with van der Waals surface area (Å²) >= 11 is 5.74. The van der Waals surface area contributed by atoms with Crippen LogP contribution in [0.3, 0.4) is 0 Å². The first-order chi connectivity index (χ1) is 12.5. The van der Waals surface area contributed by atoms with Gasteiger partial charge in [-0.05, 0) is 24.3 Å². The maximum atomic E-state index is 12.8. The average molecular weight is 377 g/mol. The normalized spacial score (nSPS) is 14.6. The summed E-state index contributed by atoms with van der Waals surface area (Å²) in [5, 5.41) is 7.90. The van der Waals surface area contributed by atoms with E-state index in [9.17, 15) is 9.59 Å². The number of carbonyl (C=O) groups is 2. The minimum atomic E-state index is -0.462. The van der Waals surface area contributed by atoms with Gasteiger partial charge in [-0.1, -0.05) is 11.6 Å². The van der Waals surface area contributed by atoms with Crippen LogP contribution in [0.1, 0.15) is 12.0 Å². The Bertz CT molecular complexity index is 828. The van der Waals surface area contributed by atoms with Crippen LogP contribution in [0.15, 0.2) is 30.3 Å². The second-order valence-corrected chi connectivity index (χ2v) is 5.94. The molecule has 1 fully saturated rings. The Morgan fingerprint density at radius 2 is 1.92 bits per heavy atom. The van der Waals surface area contributed by atoms with Crippen molar-refractivity contribution in [2.75, 3.05) is 25.7 Å². The molecule has 2 aromatic rings. The number of halogens is 1. The van der Waals surface area contributed by atoms with Crippen molar-refractivity contribution in [2.24, 2.45) is 0 Å². The van der Waals surface area contributed by atoms with Crippen molar-refractivity contribution in [2.45, 2.75) is 13.0 Å². The highest BCUT2D eigenvalue weighted by atomic mass is 35.5. The predicted octanol–water partition coefficient (Wildman–Crippen LogP) is 2.51. The molecule has 0 aliphatic carbocycles. The summed E-state index contributed by atoms with van der Waals surface area (Å²) in [5.41, 5.74) is 0.694. The van der Waals surface area contributed by atoms with Gasteiger partial charge < -0.3 is 9.47 Å². The molecule has 3 rings (SSSR count). The smallest absolute Gasteiger partial charge is 0.332 e. The van der Waals surface area contributed by atoms with Gasteiger partial charge >= 0.3 is 6.03 Å². The van der Waals surface area contributed by atoms with Crippen LogP contribution >= 0.6 is 11.6 Å². The fourth-order valence-electron chi connectivity index (χ4n) is 2.66. The number of carbonyl (C=O) groups excluding carboxylic acids is 2. The minimum Gasteiger partial charge on any atom is -0.497 e. The summed E-state index contributed by atoms with van der Waals surface area (Å²) in [6.07, 6.45) is 0.189. The van der Waals surface area contributed by atoms with Crippen LogP contribution < -0.4 is 14.4 Å². The second-order valence-electron chi connectivity index (χ2n) is 5.56. The molecule has 136 valence electrons. The summed E-state index contributed by atoms with van der Waals surface area (Å²) in [7, 11) is 3.07. The van der Waals surface area contributed by atoms with Gasteiger partial charge in [0.1, 0.15) is 11.5 Å².